The molecule has 0 saturated carbocycles. The number of carbonyl (C=O) groups is 1. The van der Waals surface area contributed by atoms with Crippen molar-refractivity contribution in [3.8, 4) is 11.5 Å². The van der Waals surface area contributed by atoms with Gasteiger partial charge >= 0.3 is 6.03 Å². The highest BCUT2D eigenvalue weighted by Crippen LogP contribution is 2.31. The van der Waals surface area contributed by atoms with Crippen LogP contribution in [0.3, 0.4) is 0 Å². The van der Waals surface area contributed by atoms with E-state index in [0.29, 0.717) is 25.3 Å². The molecule has 0 aliphatic rings. The molecular formula is C21H27BrN2O3. The highest BCUT2D eigenvalue weighted by atomic mass is 79.9. The first-order valence-electron chi connectivity index (χ1n) is 8.92. The Morgan fingerprint density at radius 3 is 2.44 bits per heavy atom. The zero-order chi connectivity index (χ0) is 20.0. The SMILES string of the molecule is CN(C(=O)NCCCOc1ccc(C(C)(C)C)cc1Br)c1ccc(O)cc1. The predicted molar refractivity (Wildman–Crippen MR) is 113 cm³/mol. The van der Waals surface area contributed by atoms with Crippen LogP contribution in [0.4, 0.5) is 10.5 Å². The average molecular weight is 435 g/mol. The second kappa shape index (κ2) is 9.13. The van der Waals surface area contributed by atoms with E-state index in [1.165, 1.54) is 10.5 Å². The first kappa shape index (κ1) is 21.1. The number of benzene rings is 2. The third kappa shape index (κ3) is 6.17. The minimum atomic E-state index is -0.198. The lowest BCUT2D eigenvalue weighted by atomic mass is 9.87. The summed E-state index contributed by atoms with van der Waals surface area (Å²) in [6.45, 7) is 7.54. The Morgan fingerprint density at radius 1 is 1.19 bits per heavy atom. The number of anilines is 1. The number of nitrogens with zero attached hydrogens (tertiary/aromatic N) is 1. The van der Waals surface area contributed by atoms with Gasteiger partial charge in [-0.2, -0.15) is 0 Å². The van der Waals surface area contributed by atoms with Crippen LogP contribution in [0.5, 0.6) is 11.5 Å². The molecular weight excluding hydrogens is 408 g/mol. The molecule has 0 spiro atoms. The largest absolute Gasteiger partial charge is 0.508 e. The second-order valence-corrected chi connectivity index (χ2v) is 8.26. The van der Waals surface area contributed by atoms with Crippen molar-refractivity contribution in [2.24, 2.45) is 0 Å². The Kier molecular flexibility index (Phi) is 7.13. The fourth-order valence-corrected chi connectivity index (χ4v) is 2.94. The van der Waals surface area contributed by atoms with Gasteiger partial charge in [0.1, 0.15) is 11.5 Å². The number of carbonyl (C=O) groups excluding carboxylic acids is 1. The fraction of sp³-hybridized carbons (Fsp3) is 0.381. The topological polar surface area (TPSA) is 61.8 Å². The smallest absolute Gasteiger partial charge is 0.321 e. The first-order valence-corrected chi connectivity index (χ1v) is 9.71. The van der Waals surface area contributed by atoms with E-state index >= 15 is 0 Å². The van der Waals surface area contributed by atoms with Crippen LogP contribution in [0.1, 0.15) is 32.8 Å². The Labute approximate surface area is 169 Å². The van der Waals surface area contributed by atoms with Crippen LogP contribution in [-0.2, 0) is 5.41 Å². The molecule has 0 fully saturated rings. The van der Waals surface area contributed by atoms with Gasteiger partial charge in [0.25, 0.3) is 0 Å². The van der Waals surface area contributed by atoms with Gasteiger partial charge in [-0.15, -0.1) is 0 Å². The average Bonchev–Trinajstić information content (AvgIpc) is 2.61. The summed E-state index contributed by atoms with van der Waals surface area (Å²) in [7, 11) is 1.69. The number of nitrogens with one attached hydrogen (secondary N) is 1. The minimum absolute atomic E-state index is 0.0921. The minimum Gasteiger partial charge on any atom is -0.508 e. The van der Waals surface area contributed by atoms with Crippen LogP contribution in [0.25, 0.3) is 0 Å². The van der Waals surface area contributed by atoms with Crippen molar-refractivity contribution in [3.63, 3.8) is 0 Å². The number of ether oxygens (including phenoxy) is 1. The van der Waals surface area contributed by atoms with E-state index in [1.807, 2.05) is 6.07 Å². The Morgan fingerprint density at radius 2 is 1.85 bits per heavy atom. The van der Waals surface area contributed by atoms with Gasteiger partial charge in [0.15, 0.2) is 0 Å². The highest BCUT2D eigenvalue weighted by molar-refractivity contribution is 9.10. The molecule has 0 unspecified atom stereocenters. The normalized spacial score (nSPS) is 11.1. The third-order valence-electron chi connectivity index (χ3n) is 4.19. The number of amides is 2. The maximum absolute atomic E-state index is 12.2. The maximum Gasteiger partial charge on any atom is 0.321 e. The zero-order valence-corrected chi connectivity index (χ0v) is 17.8. The number of rotatable bonds is 6. The van der Waals surface area contributed by atoms with E-state index in [-0.39, 0.29) is 17.2 Å². The summed E-state index contributed by atoms with van der Waals surface area (Å²) in [4.78, 5) is 13.7. The lowest BCUT2D eigenvalue weighted by Crippen LogP contribution is -2.38. The summed E-state index contributed by atoms with van der Waals surface area (Å²) < 4.78 is 6.74. The van der Waals surface area contributed by atoms with Gasteiger partial charge in [0.05, 0.1) is 11.1 Å². The van der Waals surface area contributed by atoms with Crippen molar-refractivity contribution >= 4 is 27.6 Å². The van der Waals surface area contributed by atoms with Gasteiger partial charge in [-0.25, -0.2) is 4.79 Å². The highest BCUT2D eigenvalue weighted by Gasteiger charge is 2.15. The van der Waals surface area contributed by atoms with E-state index in [9.17, 15) is 9.90 Å². The molecule has 2 N–H and O–H groups in total. The molecule has 0 bridgehead atoms. The standard InChI is InChI=1S/C21H27BrN2O3/c1-21(2,3)15-6-11-19(18(22)14-15)27-13-5-12-23-20(26)24(4)16-7-9-17(25)10-8-16/h6-11,14,25H,5,12-13H2,1-4H3,(H,23,26). The molecule has 146 valence electrons. The van der Waals surface area contributed by atoms with Crippen molar-refractivity contribution in [1.29, 1.82) is 0 Å². The van der Waals surface area contributed by atoms with Crippen molar-refractivity contribution in [2.75, 3.05) is 25.1 Å². The molecule has 2 aromatic carbocycles. The van der Waals surface area contributed by atoms with Gasteiger partial charge in [-0.05, 0) is 69.7 Å². The van der Waals surface area contributed by atoms with E-state index in [2.05, 4.69) is 54.2 Å². The van der Waals surface area contributed by atoms with Gasteiger partial charge in [-0.3, -0.25) is 4.90 Å². The number of aromatic hydroxyl groups is 1. The molecule has 2 aromatic rings. The van der Waals surface area contributed by atoms with Crippen LogP contribution < -0.4 is 15.0 Å². The summed E-state index contributed by atoms with van der Waals surface area (Å²) in [6, 6.07) is 12.4. The summed E-state index contributed by atoms with van der Waals surface area (Å²) >= 11 is 3.56. The first-order chi connectivity index (χ1) is 12.7. The van der Waals surface area contributed by atoms with Gasteiger partial charge in [0.2, 0.25) is 0 Å². The lowest BCUT2D eigenvalue weighted by Gasteiger charge is -2.20. The van der Waals surface area contributed by atoms with Crippen molar-refractivity contribution in [2.45, 2.75) is 32.6 Å². The van der Waals surface area contributed by atoms with Crippen LogP contribution in [0.15, 0.2) is 46.9 Å². The molecule has 2 rings (SSSR count). The third-order valence-corrected chi connectivity index (χ3v) is 4.81. The quantitative estimate of drug-likeness (QED) is 0.623. The zero-order valence-electron chi connectivity index (χ0n) is 16.3. The molecule has 0 radical (unpaired) electrons. The Hall–Kier alpha value is -2.21. The number of urea groups is 1. The van der Waals surface area contributed by atoms with Crippen molar-refractivity contribution in [3.05, 3.63) is 52.5 Å². The number of halogens is 1. The van der Waals surface area contributed by atoms with Crippen LogP contribution in [-0.4, -0.2) is 31.3 Å². The number of hydrogen-bond donors (Lipinski definition) is 2. The molecule has 0 aliphatic carbocycles. The van der Waals surface area contributed by atoms with Gasteiger partial charge in [-0.1, -0.05) is 26.8 Å². The summed E-state index contributed by atoms with van der Waals surface area (Å²) in [6.07, 6.45) is 0.697. The van der Waals surface area contributed by atoms with Gasteiger partial charge in [0, 0.05) is 19.3 Å². The van der Waals surface area contributed by atoms with Crippen LogP contribution in [0.2, 0.25) is 0 Å². The van der Waals surface area contributed by atoms with Crippen molar-refractivity contribution in [1.82, 2.24) is 5.32 Å². The molecule has 0 aliphatic heterocycles. The molecule has 0 aromatic heterocycles. The monoisotopic (exact) mass is 434 g/mol. The number of phenols is 1. The summed E-state index contributed by atoms with van der Waals surface area (Å²) in [5.74, 6) is 0.974. The Balaban J connectivity index is 1.75. The molecule has 27 heavy (non-hydrogen) atoms. The molecule has 2 amide bonds. The second-order valence-electron chi connectivity index (χ2n) is 7.40. The van der Waals surface area contributed by atoms with E-state index in [0.717, 1.165) is 10.2 Å². The molecule has 5 nitrogen and oxygen atoms in total. The number of phenolic OH excluding ortho intramolecular Hbond substituents is 1. The number of hydrogen-bond acceptors (Lipinski definition) is 3. The van der Waals surface area contributed by atoms with Crippen LogP contribution in [0, 0.1) is 0 Å². The summed E-state index contributed by atoms with van der Waals surface area (Å²) in [5.41, 5.74) is 2.05. The summed E-state index contributed by atoms with van der Waals surface area (Å²) in [5, 5.41) is 12.2. The van der Waals surface area contributed by atoms with E-state index in [1.54, 1.807) is 31.3 Å². The lowest BCUT2D eigenvalue weighted by molar-refractivity contribution is 0.245. The van der Waals surface area contributed by atoms with E-state index < -0.39 is 0 Å². The van der Waals surface area contributed by atoms with Crippen molar-refractivity contribution < 1.29 is 14.6 Å². The molecule has 0 atom stereocenters. The maximum atomic E-state index is 12.2. The van der Waals surface area contributed by atoms with E-state index in [4.69, 9.17) is 4.74 Å². The molecule has 6 heteroatoms. The molecule has 0 saturated heterocycles. The van der Waals surface area contributed by atoms with Gasteiger partial charge < -0.3 is 15.2 Å². The Bertz CT molecular complexity index is 770. The predicted octanol–water partition coefficient (Wildman–Crippen LogP) is 5.07. The molecule has 0 heterocycles. The van der Waals surface area contributed by atoms with Crippen LogP contribution >= 0.6 is 15.9 Å². The fourth-order valence-electron chi connectivity index (χ4n) is 2.45.